The summed E-state index contributed by atoms with van der Waals surface area (Å²) in [5.74, 6) is -0.0867. The second-order valence-corrected chi connectivity index (χ2v) is 5.97. The molecular weight excluding hydrogens is 324 g/mol. The van der Waals surface area contributed by atoms with Crippen molar-refractivity contribution in [2.45, 2.75) is 19.4 Å². The predicted octanol–water partition coefficient (Wildman–Crippen LogP) is 3.51. The van der Waals surface area contributed by atoms with Gasteiger partial charge in [0.05, 0.1) is 0 Å². The normalized spacial score (nSPS) is 10.2. The summed E-state index contributed by atoms with van der Waals surface area (Å²) in [6.07, 6.45) is 0.986. The Hall–Kier alpha value is -2.33. The number of hydrogen-bond donors (Lipinski definition) is 1. The molecule has 4 nitrogen and oxygen atoms in total. The fourth-order valence-electron chi connectivity index (χ4n) is 2.29. The van der Waals surface area contributed by atoms with Gasteiger partial charge < -0.3 is 10.2 Å². The van der Waals surface area contributed by atoms with E-state index in [1.165, 1.54) is 0 Å². The molecule has 0 saturated carbocycles. The van der Waals surface area contributed by atoms with E-state index >= 15 is 0 Å². The highest BCUT2D eigenvalue weighted by molar-refractivity contribution is 6.31. The van der Waals surface area contributed by atoms with Gasteiger partial charge in [0.2, 0.25) is 5.91 Å². The molecule has 0 saturated heterocycles. The van der Waals surface area contributed by atoms with E-state index in [9.17, 15) is 9.59 Å². The molecule has 1 N–H and O–H groups in total. The Balaban J connectivity index is 1.71. The van der Waals surface area contributed by atoms with E-state index in [1.54, 1.807) is 24.1 Å². The fourth-order valence-corrected chi connectivity index (χ4v) is 2.49. The molecule has 2 aromatic rings. The van der Waals surface area contributed by atoms with Crippen LogP contribution >= 0.6 is 11.6 Å². The molecule has 0 heterocycles. The first kappa shape index (κ1) is 18.0. The molecule has 24 heavy (non-hydrogen) atoms. The van der Waals surface area contributed by atoms with Gasteiger partial charge in [-0.05, 0) is 30.2 Å². The van der Waals surface area contributed by atoms with Crippen LogP contribution in [0.1, 0.15) is 28.8 Å². The van der Waals surface area contributed by atoms with Crippen molar-refractivity contribution in [1.29, 1.82) is 0 Å². The minimum absolute atomic E-state index is 0.0314. The summed E-state index contributed by atoms with van der Waals surface area (Å²) < 4.78 is 0. The smallest absolute Gasteiger partial charge is 0.251 e. The maximum absolute atomic E-state index is 12.1. The SMILES string of the molecule is CN(Cc1ccccc1Cl)C(=O)CCCNC(=O)c1ccccc1. The van der Waals surface area contributed by atoms with Crippen molar-refractivity contribution in [3.63, 3.8) is 0 Å². The minimum Gasteiger partial charge on any atom is -0.352 e. The monoisotopic (exact) mass is 344 g/mol. The first-order valence-electron chi connectivity index (χ1n) is 7.88. The molecule has 0 spiro atoms. The zero-order valence-corrected chi connectivity index (χ0v) is 14.4. The molecule has 0 unspecified atom stereocenters. The van der Waals surface area contributed by atoms with E-state index in [0.29, 0.717) is 36.5 Å². The van der Waals surface area contributed by atoms with Gasteiger partial charge in [0.15, 0.2) is 0 Å². The van der Waals surface area contributed by atoms with Gasteiger partial charge in [0.1, 0.15) is 0 Å². The Kier molecular flexibility index (Phi) is 6.82. The predicted molar refractivity (Wildman–Crippen MR) is 95.9 cm³/mol. The van der Waals surface area contributed by atoms with Gasteiger partial charge in [0.25, 0.3) is 5.91 Å². The summed E-state index contributed by atoms with van der Waals surface area (Å²) in [6, 6.07) is 16.5. The van der Waals surface area contributed by atoms with Gasteiger partial charge >= 0.3 is 0 Å². The molecule has 5 heteroatoms. The van der Waals surface area contributed by atoms with Crippen LogP contribution in [0.2, 0.25) is 5.02 Å². The molecule has 0 bridgehead atoms. The van der Waals surface area contributed by atoms with Crippen LogP contribution < -0.4 is 5.32 Å². The molecule has 0 fully saturated rings. The van der Waals surface area contributed by atoms with Crippen molar-refractivity contribution in [3.05, 3.63) is 70.7 Å². The Labute approximate surface area is 147 Å². The molecular formula is C19H21ClN2O2. The van der Waals surface area contributed by atoms with Crippen molar-refractivity contribution in [2.24, 2.45) is 0 Å². The van der Waals surface area contributed by atoms with Crippen LogP contribution in [0, 0.1) is 0 Å². The number of benzene rings is 2. The van der Waals surface area contributed by atoms with Crippen LogP contribution in [-0.4, -0.2) is 30.3 Å². The average molecular weight is 345 g/mol. The summed E-state index contributed by atoms with van der Waals surface area (Å²) in [5.41, 5.74) is 1.55. The highest BCUT2D eigenvalue weighted by Gasteiger charge is 2.11. The van der Waals surface area contributed by atoms with Crippen LogP contribution in [0.5, 0.6) is 0 Å². The maximum Gasteiger partial charge on any atom is 0.251 e. The highest BCUT2D eigenvalue weighted by Crippen LogP contribution is 2.16. The van der Waals surface area contributed by atoms with Gasteiger partial charge in [-0.1, -0.05) is 48.0 Å². The first-order valence-corrected chi connectivity index (χ1v) is 8.26. The molecule has 2 amide bonds. The third kappa shape index (κ3) is 5.39. The van der Waals surface area contributed by atoms with Crippen molar-refractivity contribution < 1.29 is 9.59 Å². The van der Waals surface area contributed by atoms with E-state index in [2.05, 4.69) is 5.32 Å². The largest absolute Gasteiger partial charge is 0.352 e. The quantitative estimate of drug-likeness (QED) is 0.781. The number of rotatable bonds is 7. The molecule has 0 aliphatic heterocycles. The topological polar surface area (TPSA) is 49.4 Å². The molecule has 0 aliphatic rings. The third-order valence-electron chi connectivity index (χ3n) is 3.68. The summed E-state index contributed by atoms with van der Waals surface area (Å²) in [6.45, 7) is 0.953. The summed E-state index contributed by atoms with van der Waals surface area (Å²) in [4.78, 5) is 25.7. The summed E-state index contributed by atoms with van der Waals surface area (Å²) in [5, 5.41) is 3.48. The summed E-state index contributed by atoms with van der Waals surface area (Å²) >= 11 is 6.11. The number of nitrogens with one attached hydrogen (secondary N) is 1. The Morgan fingerprint density at radius 2 is 1.71 bits per heavy atom. The van der Waals surface area contributed by atoms with Gasteiger partial charge in [0, 0.05) is 37.1 Å². The molecule has 0 radical (unpaired) electrons. The van der Waals surface area contributed by atoms with Gasteiger partial charge in [-0.2, -0.15) is 0 Å². The van der Waals surface area contributed by atoms with E-state index in [4.69, 9.17) is 11.6 Å². The molecule has 126 valence electrons. The molecule has 0 atom stereocenters. The lowest BCUT2D eigenvalue weighted by molar-refractivity contribution is -0.130. The lowest BCUT2D eigenvalue weighted by Gasteiger charge is -2.18. The van der Waals surface area contributed by atoms with Gasteiger partial charge in [-0.3, -0.25) is 9.59 Å². The number of nitrogens with zero attached hydrogens (tertiary/aromatic N) is 1. The summed E-state index contributed by atoms with van der Waals surface area (Å²) in [7, 11) is 1.76. The zero-order chi connectivity index (χ0) is 17.4. The average Bonchev–Trinajstić information content (AvgIpc) is 2.61. The first-order chi connectivity index (χ1) is 11.6. The van der Waals surface area contributed by atoms with Crippen molar-refractivity contribution in [1.82, 2.24) is 10.2 Å². The molecule has 0 aliphatic carbocycles. The van der Waals surface area contributed by atoms with E-state index in [-0.39, 0.29) is 11.8 Å². The van der Waals surface area contributed by atoms with Crippen molar-refractivity contribution in [2.75, 3.05) is 13.6 Å². The Morgan fingerprint density at radius 1 is 1.04 bits per heavy atom. The number of carbonyl (C=O) groups is 2. The lowest BCUT2D eigenvalue weighted by Crippen LogP contribution is -2.28. The van der Waals surface area contributed by atoms with Crippen LogP contribution in [0.4, 0.5) is 0 Å². The second-order valence-electron chi connectivity index (χ2n) is 5.57. The maximum atomic E-state index is 12.1. The van der Waals surface area contributed by atoms with E-state index < -0.39 is 0 Å². The van der Waals surface area contributed by atoms with E-state index in [0.717, 1.165) is 5.56 Å². The standard InChI is InChI=1S/C19H21ClN2O2/c1-22(14-16-10-5-6-11-17(16)20)18(23)12-7-13-21-19(24)15-8-3-2-4-9-15/h2-6,8-11H,7,12-14H2,1H3,(H,21,24). The van der Waals surface area contributed by atoms with Crippen LogP contribution in [0.3, 0.4) is 0 Å². The molecule has 0 aromatic heterocycles. The molecule has 2 rings (SSSR count). The minimum atomic E-state index is -0.118. The molecule has 2 aromatic carbocycles. The van der Waals surface area contributed by atoms with Crippen LogP contribution in [0.15, 0.2) is 54.6 Å². The second kappa shape index (κ2) is 9.08. The number of carbonyl (C=O) groups excluding carboxylic acids is 2. The Morgan fingerprint density at radius 3 is 2.42 bits per heavy atom. The van der Waals surface area contributed by atoms with E-state index in [1.807, 2.05) is 42.5 Å². The van der Waals surface area contributed by atoms with Crippen LogP contribution in [0.25, 0.3) is 0 Å². The van der Waals surface area contributed by atoms with Gasteiger partial charge in [-0.15, -0.1) is 0 Å². The highest BCUT2D eigenvalue weighted by atomic mass is 35.5. The lowest BCUT2D eigenvalue weighted by atomic mass is 10.2. The third-order valence-corrected chi connectivity index (χ3v) is 4.05. The Bertz CT molecular complexity index is 689. The zero-order valence-electron chi connectivity index (χ0n) is 13.7. The van der Waals surface area contributed by atoms with Crippen LogP contribution in [-0.2, 0) is 11.3 Å². The fraction of sp³-hybridized carbons (Fsp3) is 0.263. The number of amides is 2. The van der Waals surface area contributed by atoms with Crippen molar-refractivity contribution in [3.8, 4) is 0 Å². The van der Waals surface area contributed by atoms with Gasteiger partial charge in [-0.25, -0.2) is 0 Å². The van der Waals surface area contributed by atoms with Crippen molar-refractivity contribution >= 4 is 23.4 Å². The number of hydrogen-bond acceptors (Lipinski definition) is 2. The number of halogens is 1.